The third kappa shape index (κ3) is 5.90. The third-order valence-electron chi connectivity index (χ3n) is 5.88. The number of hydrogen-bond donors (Lipinski definition) is 2. The second-order valence-corrected chi connectivity index (χ2v) is 8.18. The minimum absolute atomic E-state index is 0.0474. The molecule has 0 spiro atoms. The molecule has 6 nitrogen and oxygen atoms in total. The van der Waals surface area contributed by atoms with Crippen LogP contribution in [0.2, 0.25) is 0 Å². The Morgan fingerprint density at radius 1 is 1.24 bits per heavy atom. The topological polar surface area (TPSA) is 82.3 Å². The van der Waals surface area contributed by atoms with E-state index in [0.29, 0.717) is 25.5 Å². The van der Waals surface area contributed by atoms with E-state index in [1.165, 1.54) is 6.07 Å². The molecule has 3 aromatic rings. The Kier molecular flexibility index (Phi) is 7.59. The van der Waals surface area contributed by atoms with Crippen LogP contribution in [0.5, 0.6) is 5.88 Å². The summed E-state index contributed by atoms with van der Waals surface area (Å²) in [5.41, 5.74) is 9.35. The lowest BCUT2D eigenvalue weighted by Gasteiger charge is -2.33. The summed E-state index contributed by atoms with van der Waals surface area (Å²) in [5, 5.41) is 3.37. The van der Waals surface area contributed by atoms with Crippen LogP contribution in [0.1, 0.15) is 24.0 Å². The monoisotopic (exact) mass is 454 g/mol. The summed E-state index contributed by atoms with van der Waals surface area (Å²) >= 11 is 0. The van der Waals surface area contributed by atoms with Crippen LogP contribution in [0.3, 0.4) is 0 Å². The predicted molar refractivity (Wildman–Crippen MR) is 124 cm³/mol. The molecule has 3 N–H and O–H groups in total. The van der Waals surface area contributed by atoms with Gasteiger partial charge in [0.1, 0.15) is 11.6 Å². The van der Waals surface area contributed by atoms with Crippen LogP contribution in [0.4, 0.5) is 8.78 Å². The van der Waals surface area contributed by atoms with Gasteiger partial charge in [-0.25, -0.2) is 13.8 Å². The van der Waals surface area contributed by atoms with E-state index in [4.69, 9.17) is 15.2 Å². The van der Waals surface area contributed by atoms with Crippen LogP contribution in [0.15, 0.2) is 48.7 Å². The van der Waals surface area contributed by atoms with Gasteiger partial charge in [-0.05, 0) is 55.2 Å². The van der Waals surface area contributed by atoms with Gasteiger partial charge in [-0.3, -0.25) is 4.98 Å². The SMILES string of the molecule is COc1ccc2nccc(CC(N)C3CCC(NC/C=C/c4cc(F)ccc4F)CO3)c2n1. The van der Waals surface area contributed by atoms with E-state index in [0.717, 1.165) is 41.6 Å². The average Bonchev–Trinajstić information content (AvgIpc) is 2.84. The fraction of sp³-hybridized carbons (Fsp3) is 0.360. The van der Waals surface area contributed by atoms with E-state index < -0.39 is 11.6 Å². The van der Waals surface area contributed by atoms with Crippen LogP contribution in [-0.4, -0.2) is 48.4 Å². The van der Waals surface area contributed by atoms with Gasteiger partial charge in [0.2, 0.25) is 5.88 Å². The number of methoxy groups -OCH3 is 1. The number of nitrogens with two attached hydrogens (primary N) is 1. The number of halogens is 2. The number of aromatic nitrogens is 2. The maximum Gasteiger partial charge on any atom is 0.213 e. The highest BCUT2D eigenvalue weighted by Crippen LogP contribution is 2.23. The Hall–Kier alpha value is -2.94. The molecule has 0 saturated carbocycles. The number of nitrogens with zero attached hydrogens (tertiary/aromatic N) is 2. The zero-order valence-corrected chi connectivity index (χ0v) is 18.5. The number of fused-ring (bicyclic) bond motifs is 1. The summed E-state index contributed by atoms with van der Waals surface area (Å²) in [4.78, 5) is 8.90. The normalized spacial score (nSPS) is 19.8. The Bertz CT molecular complexity index is 1120. The molecule has 1 fully saturated rings. The van der Waals surface area contributed by atoms with Gasteiger partial charge in [-0.1, -0.05) is 12.2 Å². The summed E-state index contributed by atoms with van der Waals surface area (Å²) in [6.45, 7) is 1.08. The molecular formula is C25H28F2N4O2. The maximum absolute atomic E-state index is 13.7. The Morgan fingerprint density at radius 3 is 2.91 bits per heavy atom. The molecule has 1 aromatic carbocycles. The van der Waals surface area contributed by atoms with Crippen molar-refractivity contribution in [2.45, 2.75) is 37.5 Å². The summed E-state index contributed by atoms with van der Waals surface area (Å²) in [5.74, 6) is -0.356. The second kappa shape index (κ2) is 10.8. The van der Waals surface area contributed by atoms with Gasteiger partial charge in [-0.2, -0.15) is 0 Å². The van der Waals surface area contributed by atoms with Gasteiger partial charge < -0.3 is 20.5 Å². The Labute approximate surface area is 191 Å². The summed E-state index contributed by atoms with van der Waals surface area (Å²) in [6, 6.07) is 9.05. The first-order valence-corrected chi connectivity index (χ1v) is 11.0. The molecule has 0 aliphatic carbocycles. The van der Waals surface area contributed by atoms with Gasteiger partial charge >= 0.3 is 0 Å². The molecule has 3 atom stereocenters. The first kappa shape index (κ1) is 23.2. The van der Waals surface area contributed by atoms with Crippen LogP contribution < -0.4 is 15.8 Å². The van der Waals surface area contributed by atoms with Gasteiger partial charge in [0.05, 0.1) is 30.9 Å². The van der Waals surface area contributed by atoms with E-state index in [1.54, 1.807) is 31.5 Å². The van der Waals surface area contributed by atoms with Crippen LogP contribution in [-0.2, 0) is 11.2 Å². The molecule has 3 unspecified atom stereocenters. The second-order valence-electron chi connectivity index (χ2n) is 8.18. The van der Waals surface area contributed by atoms with Gasteiger partial charge in [0, 0.05) is 36.5 Å². The molecule has 1 saturated heterocycles. The third-order valence-corrected chi connectivity index (χ3v) is 5.88. The predicted octanol–water partition coefficient (Wildman–Crippen LogP) is 3.64. The standard InChI is InChI=1S/C25H28F2N4O2/c1-32-24-9-7-22-25(31-24)17(10-12-30-22)14-21(28)23-8-5-19(15-33-23)29-11-2-3-16-13-18(26)4-6-20(16)27/h2-4,6-7,9-10,12-13,19,21,23,29H,5,8,11,14-15,28H2,1H3/b3-2+. The Balaban J connectivity index is 1.27. The summed E-state index contributed by atoms with van der Waals surface area (Å²) in [6.07, 6.45) is 7.47. The van der Waals surface area contributed by atoms with Crippen LogP contribution >= 0.6 is 0 Å². The fourth-order valence-electron chi connectivity index (χ4n) is 4.06. The summed E-state index contributed by atoms with van der Waals surface area (Å²) in [7, 11) is 1.59. The quantitative estimate of drug-likeness (QED) is 0.541. The lowest BCUT2D eigenvalue weighted by molar-refractivity contribution is -0.0156. The molecule has 33 heavy (non-hydrogen) atoms. The summed E-state index contributed by atoms with van der Waals surface area (Å²) < 4.78 is 38.2. The van der Waals surface area contributed by atoms with Gasteiger partial charge in [0.25, 0.3) is 0 Å². The highest BCUT2D eigenvalue weighted by Gasteiger charge is 2.26. The number of ether oxygens (including phenoxy) is 2. The van der Waals surface area contributed by atoms with E-state index in [-0.39, 0.29) is 23.8 Å². The smallest absolute Gasteiger partial charge is 0.213 e. The lowest BCUT2D eigenvalue weighted by Crippen LogP contribution is -2.47. The van der Waals surface area contributed by atoms with Gasteiger partial charge in [0.15, 0.2) is 0 Å². The zero-order valence-electron chi connectivity index (χ0n) is 18.5. The molecule has 0 amide bonds. The molecule has 174 valence electrons. The van der Waals surface area contributed by atoms with Crippen molar-refractivity contribution in [3.8, 4) is 5.88 Å². The zero-order chi connectivity index (χ0) is 23.2. The van der Waals surface area contributed by atoms with Crippen molar-refractivity contribution in [3.05, 3.63) is 71.4 Å². The minimum Gasteiger partial charge on any atom is -0.481 e. The van der Waals surface area contributed by atoms with E-state index >= 15 is 0 Å². The van der Waals surface area contributed by atoms with Crippen LogP contribution in [0.25, 0.3) is 17.1 Å². The van der Waals surface area contributed by atoms with Crippen molar-refractivity contribution in [3.63, 3.8) is 0 Å². The number of pyridine rings is 2. The fourth-order valence-corrected chi connectivity index (χ4v) is 4.06. The highest BCUT2D eigenvalue weighted by atomic mass is 19.1. The average molecular weight is 455 g/mol. The van der Waals surface area contributed by atoms with Crippen molar-refractivity contribution in [2.24, 2.45) is 5.73 Å². The first-order chi connectivity index (χ1) is 16.0. The molecule has 0 radical (unpaired) electrons. The number of benzene rings is 1. The van der Waals surface area contributed by atoms with Crippen molar-refractivity contribution in [1.82, 2.24) is 15.3 Å². The van der Waals surface area contributed by atoms with E-state index in [9.17, 15) is 8.78 Å². The van der Waals surface area contributed by atoms with Crippen LogP contribution in [0, 0.1) is 11.6 Å². The maximum atomic E-state index is 13.7. The van der Waals surface area contributed by atoms with Crippen molar-refractivity contribution >= 4 is 17.1 Å². The molecule has 8 heteroatoms. The molecule has 2 aromatic heterocycles. The molecule has 0 bridgehead atoms. The molecular weight excluding hydrogens is 426 g/mol. The van der Waals surface area contributed by atoms with Gasteiger partial charge in [-0.15, -0.1) is 0 Å². The number of rotatable bonds is 8. The van der Waals surface area contributed by atoms with E-state index in [1.807, 2.05) is 12.1 Å². The van der Waals surface area contributed by atoms with E-state index in [2.05, 4.69) is 15.3 Å². The molecule has 4 rings (SSSR count). The van der Waals surface area contributed by atoms with Crippen molar-refractivity contribution < 1.29 is 18.3 Å². The van der Waals surface area contributed by atoms with Crippen molar-refractivity contribution in [1.29, 1.82) is 0 Å². The molecule has 1 aliphatic rings. The lowest BCUT2D eigenvalue weighted by atomic mass is 9.95. The highest BCUT2D eigenvalue weighted by molar-refractivity contribution is 5.78. The first-order valence-electron chi connectivity index (χ1n) is 11.0. The number of nitrogens with one attached hydrogen (secondary N) is 1. The Morgan fingerprint density at radius 2 is 2.12 bits per heavy atom. The number of hydrogen-bond acceptors (Lipinski definition) is 6. The minimum atomic E-state index is -0.457. The largest absolute Gasteiger partial charge is 0.481 e. The molecule has 1 aliphatic heterocycles. The van der Waals surface area contributed by atoms with Crippen molar-refractivity contribution in [2.75, 3.05) is 20.3 Å². The molecule has 3 heterocycles.